The number of hydrogen-bond acceptors (Lipinski definition) is 5. The molecule has 4 rings (SSSR count). The number of benzene rings is 2. The van der Waals surface area contributed by atoms with E-state index in [-0.39, 0.29) is 36.3 Å². The molecule has 2 aromatic carbocycles. The molecule has 3 amide bonds. The standard InChI is InChI=1S/C31H42N4O4.2C2H6/c1-20(32(3)4)29(36)33(5)21(2)30(37)35-19-24-17-25(39-7)16-15-23(24)18-28(35)31(38)34(6)27-14-10-12-22-11-8-9-13-26(22)27;2*1-2/h8-9,11,13,15-17,20-21,27-28H,10,12,14,18-19H2,1-7H3;2*1-2H3/t20-,21-,27?,28-;;/m0../s1. The summed E-state index contributed by atoms with van der Waals surface area (Å²) in [7, 11) is 8.82. The maximum atomic E-state index is 14.2. The van der Waals surface area contributed by atoms with Crippen LogP contribution in [-0.2, 0) is 33.8 Å². The van der Waals surface area contributed by atoms with Gasteiger partial charge >= 0.3 is 0 Å². The lowest BCUT2D eigenvalue weighted by atomic mass is 9.86. The molecule has 1 unspecified atom stereocenters. The number of likely N-dealkylation sites (N-methyl/N-ethyl adjacent to an activating group) is 3. The molecule has 0 aromatic heterocycles. The summed E-state index contributed by atoms with van der Waals surface area (Å²) in [5, 5.41) is 0. The van der Waals surface area contributed by atoms with E-state index in [4.69, 9.17) is 4.74 Å². The quantitative estimate of drug-likeness (QED) is 0.433. The van der Waals surface area contributed by atoms with Crippen molar-refractivity contribution in [2.75, 3.05) is 35.3 Å². The SMILES string of the molecule is CC.CC.COc1ccc2c(c1)CN(C(=O)[C@H](C)N(C)C(=O)[C@H](C)N(C)C)[C@H](C(=O)N(C)C1CCCc3ccccc31)C2. The van der Waals surface area contributed by atoms with E-state index in [1.807, 2.05) is 95.9 Å². The number of fused-ring (bicyclic) bond motifs is 2. The first-order valence-electron chi connectivity index (χ1n) is 15.8. The Morgan fingerprint density at radius 2 is 1.53 bits per heavy atom. The molecule has 1 heterocycles. The molecular formula is C35H54N4O4. The normalized spacial score (nSPS) is 18.4. The zero-order valence-corrected chi connectivity index (χ0v) is 28.3. The maximum absolute atomic E-state index is 14.2. The number of carbonyl (C=O) groups excluding carboxylic acids is 3. The zero-order chi connectivity index (χ0) is 32.4. The van der Waals surface area contributed by atoms with Crippen molar-refractivity contribution in [3.05, 3.63) is 64.7 Å². The van der Waals surface area contributed by atoms with Gasteiger partial charge in [-0.05, 0) is 81.6 Å². The Kier molecular flexibility index (Phi) is 13.7. The van der Waals surface area contributed by atoms with Crippen LogP contribution in [0.2, 0.25) is 0 Å². The number of hydrogen-bond donors (Lipinski definition) is 0. The summed E-state index contributed by atoms with van der Waals surface area (Å²) in [5.74, 6) is 0.260. The number of amides is 3. The summed E-state index contributed by atoms with van der Waals surface area (Å²) < 4.78 is 5.43. The number of rotatable bonds is 7. The van der Waals surface area contributed by atoms with E-state index in [9.17, 15) is 14.4 Å². The minimum absolute atomic E-state index is 0.0284. The van der Waals surface area contributed by atoms with Crippen molar-refractivity contribution in [3.8, 4) is 5.75 Å². The molecule has 8 heteroatoms. The average Bonchev–Trinajstić information content (AvgIpc) is 3.06. The van der Waals surface area contributed by atoms with E-state index in [1.54, 1.807) is 26.0 Å². The van der Waals surface area contributed by atoms with Gasteiger partial charge in [-0.3, -0.25) is 19.3 Å². The smallest absolute Gasteiger partial charge is 0.246 e. The number of carbonyl (C=O) groups is 3. The molecule has 8 nitrogen and oxygen atoms in total. The van der Waals surface area contributed by atoms with Crippen LogP contribution in [0.25, 0.3) is 0 Å². The van der Waals surface area contributed by atoms with Crippen LogP contribution in [0.1, 0.15) is 82.7 Å². The van der Waals surface area contributed by atoms with Crippen LogP contribution in [-0.4, -0.2) is 90.7 Å². The summed E-state index contributed by atoms with van der Waals surface area (Å²) in [6.07, 6.45) is 3.34. The molecule has 0 bridgehead atoms. The monoisotopic (exact) mass is 594 g/mol. The maximum Gasteiger partial charge on any atom is 0.246 e. The Morgan fingerprint density at radius 1 is 0.884 bits per heavy atom. The Morgan fingerprint density at radius 3 is 2.16 bits per heavy atom. The van der Waals surface area contributed by atoms with Crippen LogP contribution in [0.15, 0.2) is 42.5 Å². The molecule has 1 aliphatic heterocycles. The molecule has 1 aliphatic carbocycles. The van der Waals surface area contributed by atoms with Crippen molar-refractivity contribution < 1.29 is 19.1 Å². The van der Waals surface area contributed by atoms with Gasteiger partial charge in [0.15, 0.2) is 0 Å². The highest BCUT2D eigenvalue weighted by Crippen LogP contribution is 2.35. The van der Waals surface area contributed by atoms with Gasteiger partial charge in [0.2, 0.25) is 17.7 Å². The Balaban J connectivity index is 0.00000155. The Labute approximate surface area is 260 Å². The van der Waals surface area contributed by atoms with Gasteiger partial charge in [-0.25, -0.2) is 0 Å². The second-order valence-corrected chi connectivity index (χ2v) is 11.1. The van der Waals surface area contributed by atoms with E-state index in [2.05, 4.69) is 12.1 Å². The Bertz CT molecular complexity index is 1230. The lowest BCUT2D eigenvalue weighted by Crippen LogP contribution is -2.58. The minimum Gasteiger partial charge on any atom is -0.497 e. The molecular weight excluding hydrogens is 540 g/mol. The molecule has 0 N–H and O–H groups in total. The lowest BCUT2D eigenvalue weighted by Gasteiger charge is -2.42. The van der Waals surface area contributed by atoms with Gasteiger partial charge in [0.05, 0.1) is 19.2 Å². The van der Waals surface area contributed by atoms with Crippen LogP contribution in [0.3, 0.4) is 0 Å². The first-order valence-corrected chi connectivity index (χ1v) is 15.8. The molecule has 0 fully saturated rings. The highest BCUT2D eigenvalue weighted by molar-refractivity contribution is 5.93. The van der Waals surface area contributed by atoms with Crippen molar-refractivity contribution in [1.82, 2.24) is 19.6 Å². The van der Waals surface area contributed by atoms with Crippen LogP contribution in [0.4, 0.5) is 0 Å². The van der Waals surface area contributed by atoms with Crippen molar-refractivity contribution in [3.63, 3.8) is 0 Å². The van der Waals surface area contributed by atoms with Crippen molar-refractivity contribution >= 4 is 17.7 Å². The molecule has 0 saturated carbocycles. The first kappa shape index (κ1) is 35.8. The van der Waals surface area contributed by atoms with E-state index >= 15 is 0 Å². The molecule has 0 saturated heterocycles. The third kappa shape index (κ3) is 7.96. The summed E-state index contributed by atoms with van der Waals surface area (Å²) in [6.45, 7) is 11.8. The van der Waals surface area contributed by atoms with Gasteiger partial charge in [-0.15, -0.1) is 0 Å². The van der Waals surface area contributed by atoms with Crippen molar-refractivity contribution in [2.45, 2.75) is 97.9 Å². The van der Waals surface area contributed by atoms with Crippen LogP contribution in [0.5, 0.6) is 5.75 Å². The third-order valence-electron chi connectivity index (χ3n) is 8.68. The fourth-order valence-corrected chi connectivity index (χ4v) is 5.77. The minimum atomic E-state index is -0.719. The highest BCUT2D eigenvalue weighted by Gasteiger charge is 2.41. The molecule has 2 aromatic rings. The van der Waals surface area contributed by atoms with E-state index in [0.29, 0.717) is 12.2 Å². The predicted octanol–water partition coefficient (Wildman–Crippen LogP) is 5.33. The molecule has 4 atom stereocenters. The number of nitrogens with zero attached hydrogens (tertiary/aromatic N) is 4. The highest BCUT2D eigenvalue weighted by atomic mass is 16.5. The van der Waals surface area contributed by atoms with Crippen molar-refractivity contribution in [2.24, 2.45) is 0 Å². The van der Waals surface area contributed by atoms with Gasteiger partial charge in [0, 0.05) is 27.1 Å². The van der Waals surface area contributed by atoms with Gasteiger partial charge < -0.3 is 19.4 Å². The van der Waals surface area contributed by atoms with Gasteiger partial charge in [0.1, 0.15) is 17.8 Å². The topological polar surface area (TPSA) is 73.4 Å². The van der Waals surface area contributed by atoms with E-state index < -0.39 is 12.1 Å². The fourth-order valence-electron chi connectivity index (χ4n) is 5.77. The van der Waals surface area contributed by atoms with E-state index in [0.717, 1.165) is 30.4 Å². The molecule has 238 valence electrons. The zero-order valence-electron chi connectivity index (χ0n) is 28.3. The Hall–Kier alpha value is -3.39. The van der Waals surface area contributed by atoms with Crippen LogP contribution in [0, 0.1) is 0 Å². The van der Waals surface area contributed by atoms with Gasteiger partial charge in [0.25, 0.3) is 0 Å². The first-order chi connectivity index (χ1) is 20.5. The number of aryl methyl sites for hydroxylation is 1. The second-order valence-electron chi connectivity index (χ2n) is 11.1. The van der Waals surface area contributed by atoms with Gasteiger partial charge in [-0.2, -0.15) is 0 Å². The largest absolute Gasteiger partial charge is 0.497 e. The number of ether oxygens (including phenoxy) is 1. The van der Waals surface area contributed by atoms with Crippen LogP contribution >= 0.6 is 0 Å². The molecule has 2 aliphatic rings. The predicted molar refractivity (Wildman–Crippen MR) is 174 cm³/mol. The van der Waals surface area contributed by atoms with Crippen LogP contribution < -0.4 is 4.74 Å². The van der Waals surface area contributed by atoms with Crippen molar-refractivity contribution in [1.29, 1.82) is 0 Å². The fraction of sp³-hybridized carbons (Fsp3) is 0.571. The lowest BCUT2D eigenvalue weighted by molar-refractivity contribution is -0.153. The number of methoxy groups -OCH3 is 1. The second kappa shape index (κ2) is 16.5. The summed E-state index contributed by atoms with van der Waals surface area (Å²) in [6, 6.07) is 12.4. The van der Waals surface area contributed by atoms with E-state index in [1.165, 1.54) is 16.0 Å². The summed E-state index contributed by atoms with van der Waals surface area (Å²) in [4.78, 5) is 48.1. The summed E-state index contributed by atoms with van der Waals surface area (Å²) >= 11 is 0. The third-order valence-corrected chi connectivity index (χ3v) is 8.68. The summed E-state index contributed by atoms with van der Waals surface area (Å²) in [5.41, 5.74) is 4.47. The molecule has 0 spiro atoms. The molecule has 0 radical (unpaired) electrons. The average molecular weight is 595 g/mol. The van der Waals surface area contributed by atoms with Gasteiger partial charge in [-0.1, -0.05) is 58.0 Å². The molecule has 43 heavy (non-hydrogen) atoms.